The Labute approximate surface area is 146 Å². The Bertz CT molecular complexity index is 769. The molecule has 0 unspecified atom stereocenters. The predicted octanol–water partition coefficient (Wildman–Crippen LogP) is 3.75. The van der Waals surface area contributed by atoms with Gasteiger partial charge in [-0.2, -0.15) is 0 Å². The average Bonchev–Trinajstić information content (AvgIpc) is 2.59. The quantitative estimate of drug-likeness (QED) is 0.860. The number of ether oxygens (including phenoxy) is 2. The Morgan fingerprint density at radius 1 is 1.21 bits per heavy atom. The smallest absolute Gasteiger partial charge is 0.244 e. The van der Waals surface area contributed by atoms with Gasteiger partial charge in [-0.05, 0) is 36.3 Å². The molecule has 4 nitrogen and oxygen atoms in total. The van der Waals surface area contributed by atoms with E-state index >= 15 is 0 Å². The Morgan fingerprint density at radius 2 is 1.96 bits per heavy atom. The first-order valence-electron chi connectivity index (χ1n) is 7.72. The summed E-state index contributed by atoms with van der Waals surface area (Å²) in [5, 5.41) is 3.33. The van der Waals surface area contributed by atoms with Gasteiger partial charge in [0.1, 0.15) is 13.2 Å². The normalized spacial score (nSPS) is 13.1. The van der Waals surface area contributed by atoms with E-state index in [0.717, 1.165) is 11.1 Å². The maximum absolute atomic E-state index is 11.9. The maximum atomic E-state index is 11.9. The van der Waals surface area contributed by atoms with Crippen molar-refractivity contribution in [2.75, 3.05) is 13.2 Å². The van der Waals surface area contributed by atoms with Crippen LogP contribution in [0.25, 0.3) is 6.08 Å². The van der Waals surface area contributed by atoms with Gasteiger partial charge in [-0.1, -0.05) is 41.4 Å². The van der Waals surface area contributed by atoms with Crippen molar-refractivity contribution in [1.82, 2.24) is 5.32 Å². The van der Waals surface area contributed by atoms with Gasteiger partial charge in [0.15, 0.2) is 11.5 Å². The van der Waals surface area contributed by atoms with E-state index in [-0.39, 0.29) is 5.91 Å². The van der Waals surface area contributed by atoms with Crippen LogP contribution in [0.1, 0.15) is 16.7 Å². The molecule has 24 heavy (non-hydrogen) atoms. The zero-order valence-electron chi connectivity index (χ0n) is 13.3. The van der Waals surface area contributed by atoms with Crippen molar-refractivity contribution in [1.29, 1.82) is 0 Å². The highest BCUT2D eigenvalue weighted by Gasteiger charge is 2.15. The summed E-state index contributed by atoms with van der Waals surface area (Å²) in [4.78, 5) is 11.9. The number of nitrogens with one attached hydrogen (secondary N) is 1. The van der Waals surface area contributed by atoms with Crippen molar-refractivity contribution in [2.24, 2.45) is 0 Å². The third-order valence-electron chi connectivity index (χ3n) is 3.63. The summed E-state index contributed by atoms with van der Waals surface area (Å²) >= 11 is 6.18. The molecule has 1 heterocycles. The van der Waals surface area contributed by atoms with Gasteiger partial charge in [0.05, 0.1) is 5.02 Å². The SMILES string of the molecule is Cc1ccc(CNC(=O)/C=C/c2cc(Cl)c3c(c2)OCCO3)cc1. The van der Waals surface area contributed by atoms with Crippen LogP contribution in [-0.2, 0) is 11.3 Å². The summed E-state index contributed by atoms with van der Waals surface area (Å²) in [5.74, 6) is 0.999. The minimum Gasteiger partial charge on any atom is -0.486 e. The van der Waals surface area contributed by atoms with E-state index in [2.05, 4.69) is 5.32 Å². The largest absolute Gasteiger partial charge is 0.486 e. The molecule has 2 aromatic rings. The van der Waals surface area contributed by atoms with E-state index in [4.69, 9.17) is 21.1 Å². The lowest BCUT2D eigenvalue weighted by Crippen LogP contribution is -2.20. The number of carbonyl (C=O) groups is 1. The van der Waals surface area contributed by atoms with Crippen LogP contribution in [-0.4, -0.2) is 19.1 Å². The second-order valence-corrected chi connectivity index (χ2v) is 5.97. The lowest BCUT2D eigenvalue weighted by atomic mass is 10.1. The predicted molar refractivity (Wildman–Crippen MR) is 94.5 cm³/mol. The van der Waals surface area contributed by atoms with Gasteiger partial charge in [-0.25, -0.2) is 0 Å². The molecule has 1 aliphatic rings. The molecular weight excluding hydrogens is 326 g/mol. The highest BCUT2D eigenvalue weighted by molar-refractivity contribution is 6.32. The van der Waals surface area contributed by atoms with Gasteiger partial charge < -0.3 is 14.8 Å². The molecule has 0 saturated carbocycles. The van der Waals surface area contributed by atoms with Crippen LogP contribution in [0.4, 0.5) is 0 Å². The summed E-state index contributed by atoms with van der Waals surface area (Å²) in [7, 11) is 0. The van der Waals surface area contributed by atoms with Crippen molar-refractivity contribution < 1.29 is 14.3 Å². The van der Waals surface area contributed by atoms with Gasteiger partial charge in [0.25, 0.3) is 0 Å². The summed E-state index contributed by atoms with van der Waals surface area (Å²) < 4.78 is 11.0. The second kappa shape index (κ2) is 7.41. The van der Waals surface area contributed by atoms with Crippen LogP contribution in [0.5, 0.6) is 11.5 Å². The van der Waals surface area contributed by atoms with E-state index in [1.165, 1.54) is 11.6 Å². The molecule has 0 saturated heterocycles. The van der Waals surface area contributed by atoms with Crippen molar-refractivity contribution in [2.45, 2.75) is 13.5 Å². The fourth-order valence-corrected chi connectivity index (χ4v) is 2.63. The fraction of sp³-hybridized carbons (Fsp3) is 0.211. The zero-order chi connectivity index (χ0) is 16.9. The van der Waals surface area contributed by atoms with E-state index < -0.39 is 0 Å². The molecule has 0 aromatic heterocycles. The minimum absolute atomic E-state index is 0.165. The molecular formula is C19H18ClNO3. The van der Waals surface area contributed by atoms with Crippen molar-refractivity contribution >= 4 is 23.6 Å². The van der Waals surface area contributed by atoms with Crippen molar-refractivity contribution in [3.8, 4) is 11.5 Å². The molecule has 0 fully saturated rings. The molecule has 0 aliphatic carbocycles. The standard InChI is InChI=1S/C19H18ClNO3/c1-13-2-4-14(5-3-13)12-21-18(22)7-6-15-10-16(20)19-17(11-15)23-8-9-24-19/h2-7,10-11H,8-9,12H2,1H3,(H,21,22)/b7-6+. The zero-order valence-corrected chi connectivity index (χ0v) is 14.1. The number of amides is 1. The number of fused-ring (bicyclic) bond motifs is 1. The van der Waals surface area contributed by atoms with Crippen LogP contribution < -0.4 is 14.8 Å². The molecule has 3 rings (SSSR count). The number of hydrogen-bond acceptors (Lipinski definition) is 3. The lowest BCUT2D eigenvalue weighted by Gasteiger charge is -2.19. The molecule has 0 spiro atoms. The molecule has 1 aliphatic heterocycles. The third kappa shape index (κ3) is 4.09. The molecule has 0 bridgehead atoms. The van der Waals surface area contributed by atoms with Crippen LogP contribution in [0, 0.1) is 6.92 Å². The first-order valence-corrected chi connectivity index (χ1v) is 8.10. The van der Waals surface area contributed by atoms with Crippen LogP contribution in [0.15, 0.2) is 42.5 Å². The van der Waals surface area contributed by atoms with Crippen molar-refractivity contribution in [3.05, 3.63) is 64.2 Å². The molecule has 1 N–H and O–H groups in total. The maximum Gasteiger partial charge on any atom is 0.244 e. The number of benzene rings is 2. The third-order valence-corrected chi connectivity index (χ3v) is 3.91. The van der Waals surface area contributed by atoms with Gasteiger partial charge in [0, 0.05) is 12.6 Å². The van der Waals surface area contributed by atoms with Crippen LogP contribution in [0.3, 0.4) is 0 Å². The first-order chi connectivity index (χ1) is 11.6. The molecule has 0 atom stereocenters. The van der Waals surface area contributed by atoms with Gasteiger partial charge in [-0.3, -0.25) is 4.79 Å². The summed E-state index contributed by atoms with van der Waals surface area (Å²) in [5.41, 5.74) is 3.04. The number of halogens is 1. The van der Waals surface area contributed by atoms with Crippen molar-refractivity contribution in [3.63, 3.8) is 0 Å². The van der Waals surface area contributed by atoms with Gasteiger partial charge >= 0.3 is 0 Å². The Kier molecular flexibility index (Phi) is 5.06. The molecule has 0 radical (unpaired) electrons. The molecule has 124 valence electrons. The number of rotatable bonds is 4. The Morgan fingerprint density at radius 3 is 2.75 bits per heavy atom. The molecule has 2 aromatic carbocycles. The Hall–Kier alpha value is -2.46. The summed E-state index contributed by atoms with van der Waals surface area (Å²) in [6, 6.07) is 11.6. The van der Waals surface area contributed by atoms with Gasteiger partial charge in [0.2, 0.25) is 5.91 Å². The highest BCUT2D eigenvalue weighted by Crippen LogP contribution is 2.38. The summed E-state index contributed by atoms with van der Waals surface area (Å²) in [6.07, 6.45) is 3.19. The van der Waals surface area contributed by atoms with Gasteiger partial charge in [-0.15, -0.1) is 0 Å². The number of carbonyl (C=O) groups excluding carboxylic acids is 1. The summed E-state index contributed by atoms with van der Waals surface area (Å²) in [6.45, 7) is 3.51. The fourth-order valence-electron chi connectivity index (χ4n) is 2.35. The Balaban J connectivity index is 1.61. The minimum atomic E-state index is -0.165. The first kappa shape index (κ1) is 16.4. The number of hydrogen-bond donors (Lipinski definition) is 1. The monoisotopic (exact) mass is 343 g/mol. The second-order valence-electron chi connectivity index (χ2n) is 5.56. The number of aryl methyl sites for hydroxylation is 1. The van der Waals surface area contributed by atoms with E-state index in [1.54, 1.807) is 12.1 Å². The van der Waals surface area contributed by atoms with E-state index in [9.17, 15) is 4.79 Å². The van der Waals surface area contributed by atoms with E-state index in [0.29, 0.717) is 36.3 Å². The van der Waals surface area contributed by atoms with E-state index in [1.807, 2.05) is 37.3 Å². The molecule has 1 amide bonds. The molecule has 5 heteroatoms. The van der Waals surface area contributed by atoms with Crippen LogP contribution in [0.2, 0.25) is 5.02 Å². The van der Waals surface area contributed by atoms with Crippen LogP contribution >= 0.6 is 11.6 Å². The average molecular weight is 344 g/mol. The topological polar surface area (TPSA) is 47.6 Å². The highest BCUT2D eigenvalue weighted by atomic mass is 35.5. The lowest BCUT2D eigenvalue weighted by molar-refractivity contribution is -0.116.